The van der Waals surface area contributed by atoms with Gasteiger partial charge in [-0.05, 0) is 42.7 Å². The van der Waals surface area contributed by atoms with Crippen LogP contribution in [0.1, 0.15) is 37.7 Å². The van der Waals surface area contributed by atoms with E-state index in [4.69, 9.17) is 18.9 Å². The molecule has 7 rings (SSSR count). The second kappa shape index (κ2) is 10.1. The maximum Gasteiger partial charge on any atom is 0.246 e. The Kier molecular flexibility index (Phi) is 6.37. The third-order valence-electron chi connectivity index (χ3n) is 9.00. The van der Waals surface area contributed by atoms with Crippen LogP contribution in [0.15, 0.2) is 54.6 Å². The summed E-state index contributed by atoms with van der Waals surface area (Å²) in [6.45, 7) is 0.311. The van der Waals surface area contributed by atoms with Crippen LogP contribution in [0.2, 0.25) is 0 Å². The zero-order valence-electron chi connectivity index (χ0n) is 22.8. The van der Waals surface area contributed by atoms with E-state index in [1.807, 2.05) is 24.3 Å². The molecule has 3 amide bonds. The normalized spacial score (nSPS) is 29.5. The molecule has 5 atom stereocenters. The van der Waals surface area contributed by atoms with Gasteiger partial charge < -0.3 is 34.5 Å². The number of hydrogen-bond acceptors (Lipinski definition) is 7. The molecule has 41 heavy (non-hydrogen) atoms. The molecule has 2 aromatic rings. The van der Waals surface area contributed by atoms with E-state index in [2.05, 4.69) is 10.6 Å². The van der Waals surface area contributed by atoms with E-state index in [0.29, 0.717) is 22.9 Å². The van der Waals surface area contributed by atoms with Gasteiger partial charge in [0.2, 0.25) is 24.5 Å². The van der Waals surface area contributed by atoms with Crippen molar-refractivity contribution in [3.63, 3.8) is 0 Å². The fraction of sp³-hybridized carbons (Fsp3) is 0.452. The molecule has 4 heterocycles. The monoisotopic (exact) mass is 559 g/mol. The molecular formula is C31H33N3O7. The van der Waals surface area contributed by atoms with E-state index in [9.17, 15) is 14.4 Å². The van der Waals surface area contributed by atoms with E-state index in [1.54, 1.807) is 42.3 Å². The van der Waals surface area contributed by atoms with Gasteiger partial charge >= 0.3 is 0 Å². The second-order valence-corrected chi connectivity index (χ2v) is 11.4. The Balaban J connectivity index is 1.21. The third kappa shape index (κ3) is 4.32. The number of nitrogens with one attached hydrogen (secondary N) is 2. The van der Waals surface area contributed by atoms with Gasteiger partial charge in [-0.1, -0.05) is 43.5 Å². The topological polar surface area (TPSA) is 115 Å². The second-order valence-electron chi connectivity index (χ2n) is 11.4. The highest BCUT2D eigenvalue weighted by molar-refractivity contribution is 6.02. The average Bonchev–Trinajstić information content (AvgIpc) is 3.74. The Bertz CT molecular complexity index is 1420. The lowest BCUT2D eigenvalue weighted by Gasteiger charge is -2.34. The Morgan fingerprint density at radius 2 is 1.88 bits per heavy atom. The van der Waals surface area contributed by atoms with E-state index in [1.165, 1.54) is 0 Å². The number of nitrogens with zero attached hydrogens (tertiary/aromatic N) is 1. The van der Waals surface area contributed by atoms with Crippen molar-refractivity contribution in [2.45, 2.75) is 62.4 Å². The minimum Gasteiger partial charge on any atom is -0.497 e. The number of carbonyl (C=O) groups excluding carboxylic acids is 3. The molecule has 4 aliphatic heterocycles. The number of rotatable bonds is 7. The zero-order valence-corrected chi connectivity index (χ0v) is 22.8. The van der Waals surface area contributed by atoms with Crippen LogP contribution in [-0.2, 0) is 25.7 Å². The zero-order chi connectivity index (χ0) is 28.1. The van der Waals surface area contributed by atoms with E-state index >= 15 is 0 Å². The first-order valence-electron chi connectivity index (χ1n) is 14.3. The van der Waals surface area contributed by atoms with Crippen LogP contribution in [0.3, 0.4) is 0 Å². The molecule has 5 aliphatic rings. The number of fused-ring (bicyclic) bond motifs is 2. The van der Waals surface area contributed by atoms with Crippen molar-refractivity contribution in [1.29, 1.82) is 0 Å². The van der Waals surface area contributed by atoms with Crippen LogP contribution in [0.5, 0.6) is 17.2 Å². The van der Waals surface area contributed by atoms with Crippen LogP contribution < -0.4 is 24.8 Å². The molecule has 214 valence electrons. The van der Waals surface area contributed by atoms with Gasteiger partial charge in [-0.15, -0.1) is 0 Å². The number of hydrogen-bond donors (Lipinski definition) is 2. The van der Waals surface area contributed by atoms with E-state index in [-0.39, 0.29) is 37.1 Å². The van der Waals surface area contributed by atoms with Gasteiger partial charge in [0.15, 0.2) is 11.5 Å². The highest BCUT2D eigenvalue weighted by Crippen LogP contribution is 2.55. The predicted molar refractivity (Wildman–Crippen MR) is 147 cm³/mol. The molecule has 2 aromatic carbocycles. The summed E-state index contributed by atoms with van der Waals surface area (Å²) in [5.74, 6) is -0.619. The fourth-order valence-corrected chi connectivity index (χ4v) is 7.13. The summed E-state index contributed by atoms with van der Waals surface area (Å²) in [6.07, 6.45) is 8.17. The van der Waals surface area contributed by atoms with Crippen LogP contribution in [-0.4, -0.2) is 60.3 Å². The summed E-state index contributed by atoms with van der Waals surface area (Å²) >= 11 is 0. The van der Waals surface area contributed by atoms with Crippen LogP contribution in [0.25, 0.3) is 0 Å². The van der Waals surface area contributed by atoms with Crippen molar-refractivity contribution in [2.24, 2.45) is 11.8 Å². The summed E-state index contributed by atoms with van der Waals surface area (Å²) in [4.78, 5) is 43.6. The molecule has 1 aliphatic carbocycles. The van der Waals surface area contributed by atoms with E-state index in [0.717, 1.165) is 37.7 Å². The number of benzene rings is 2. The van der Waals surface area contributed by atoms with Crippen LogP contribution in [0, 0.1) is 11.8 Å². The van der Waals surface area contributed by atoms with Crippen molar-refractivity contribution in [1.82, 2.24) is 10.2 Å². The SMILES string of the molecule is COc1cccc(NC(=O)[C@H]2[C@@H]3C=C[C@]4(O3)[C@@H]2C(=O)N(Cc2ccc3c(c2)OCO3)[C@H]4C(=O)NC2CCCCC2)c1. The number of anilines is 1. The molecule has 10 nitrogen and oxygen atoms in total. The van der Waals surface area contributed by atoms with Gasteiger partial charge in [0, 0.05) is 24.3 Å². The first-order chi connectivity index (χ1) is 20.0. The van der Waals surface area contributed by atoms with Gasteiger partial charge in [0.25, 0.3) is 0 Å². The summed E-state index contributed by atoms with van der Waals surface area (Å²) < 4.78 is 22.7. The first kappa shape index (κ1) is 25.9. The molecule has 2 saturated heterocycles. The fourth-order valence-electron chi connectivity index (χ4n) is 7.13. The smallest absolute Gasteiger partial charge is 0.246 e. The standard InChI is InChI=1S/C31H33N3O7/c1-38-21-9-5-8-20(15-21)33-28(35)25-23-12-13-31(41-23)26(25)30(37)34(16-18-10-11-22-24(14-18)40-17-39-22)27(31)29(36)32-19-6-3-2-4-7-19/h5,8-15,19,23,25-27H,2-4,6-7,16-17H2,1H3,(H,32,36)(H,33,35)/t23-,25-,26-,27-,31-/m0/s1. The first-order valence-corrected chi connectivity index (χ1v) is 14.3. The Morgan fingerprint density at radius 1 is 1.05 bits per heavy atom. The molecule has 0 unspecified atom stereocenters. The number of amides is 3. The van der Waals surface area contributed by atoms with Crippen molar-refractivity contribution < 1.29 is 33.3 Å². The van der Waals surface area contributed by atoms with Crippen molar-refractivity contribution >= 4 is 23.4 Å². The van der Waals surface area contributed by atoms with Gasteiger partial charge in [0.1, 0.15) is 17.4 Å². The average molecular weight is 560 g/mol. The van der Waals surface area contributed by atoms with Gasteiger partial charge in [-0.2, -0.15) is 0 Å². The predicted octanol–water partition coefficient (Wildman–Crippen LogP) is 3.16. The van der Waals surface area contributed by atoms with Gasteiger partial charge in [-0.25, -0.2) is 0 Å². The van der Waals surface area contributed by atoms with Crippen LogP contribution >= 0.6 is 0 Å². The summed E-state index contributed by atoms with van der Waals surface area (Å²) in [5, 5.41) is 6.16. The molecule has 3 fully saturated rings. The van der Waals surface area contributed by atoms with Crippen LogP contribution in [0.4, 0.5) is 5.69 Å². The highest BCUT2D eigenvalue weighted by Gasteiger charge is 2.72. The molecular weight excluding hydrogens is 526 g/mol. The Hall–Kier alpha value is -4.05. The maximum absolute atomic E-state index is 14.3. The lowest BCUT2D eigenvalue weighted by Crippen LogP contribution is -2.56. The highest BCUT2D eigenvalue weighted by atomic mass is 16.7. The molecule has 2 N–H and O–H groups in total. The number of likely N-dealkylation sites (tertiary alicyclic amines) is 1. The lowest BCUT2D eigenvalue weighted by molar-refractivity contribution is -0.142. The molecule has 2 bridgehead atoms. The summed E-state index contributed by atoms with van der Waals surface area (Å²) in [6, 6.07) is 11.7. The van der Waals surface area contributed by atoms with Crippen molar-refractivity contribution in [2.75, 3.05) is 19.2 Å². The number of carbonyl (C=O) groups is 3. The number of ether oxygens (including phenoxy) is 4. The quantitative estimate of drug-likeness (QED) is 0.501. The molecule has 1 saturated carbocycles. The molecule has 0 aromatic heterocycles. The van der Waals surface area contributed by atoms with Crippen molar-refractivity contribution in [3.8, 4) is 17.2 Å². The van der Waals surface area contributed by atoms with Gasteiger partial charge in [0.05, 0.1) is 25.0 Å². The summed E-state index contributed by atoms with van der Waals surface area (Å²) in [5.41, 5.74) is 0.127. The van der Waals surface area contributed by atoms with Gasteiger partial charge in [-0.3, -0.25) is 14.4 Å². The third-order valence-corrected chi connectivity index (χ3v) is 9.00. The Morgan fingerprint density at radius 3 is 2.71 bits per heavy atom. The largest absolute Gasteiger partial charge is 0.497 e. The minimum atomic E-state index is -1.23. The number of methoxy groups -OCH3 is 1. The van der Waals surface area contributed by atoms with E-state index < -0.39 is 29.6 Å². The molecule has 10 heteroatoms. The summed E-state index contributed by atoms with van der Waals surface area (Å²) in [7, 11) is 1.56. The molecule has 0 radical (unpaired) electrons. The minimum absolute atomic E-state index is 0.0592. The maximum atomic E-state index is 14.3. The Labute approximate surface area is 238 Å². The molecule has 1 spiro atoms. The lowest BCUT2D eigenvalue weighted by atomic mass is 9.74. The van der Waals surface area contributed by atoms with Crippen molar-refractivity contribution in [3.05, 3.63) is 60.2 Å².